The van der Waals surface area contributed by atoms with Crippen molar-refractivity contribution in [3.8, 4) is 0 Å². The third kappa shape index (κ3) is 5.08. The van der Waals surface area contributed by atoms with Gasteiger partial charge in [0.15, 0.2) is 0 Å². The number of carbonyl (C=O) groups is 1. The predicted octanol–water partition coefficient (Wildman–Crippen LogP) is 3.62. The van der Waals surface area contributed by atoms with Gasteiger partial charge in [-0.25, -0.2) is 0 Å². The minimum Gasteiger partial charge on any atom is -0.313 e. The molecular weight excluding hydrogens is 342 g/mol. The van der Waals surface area contributed by atoms with E-state index in [4.69, 9.17) is 11.6 Å². The summed E-state index contributed by atoms with van der Waals surface area (Å²) >= 11 is 7.93. The summed E-state index contributed by atoms with van der Waals surface area (Å²) < 4.78 is 0. The van der Waals surface area contributed by atoms with Crippen molar-refractivity contribution in [2.24, 2.45) is 16.8 Å². The Bertz CT molecular complexity index is 618. The summed E-state index contributed by atoms with van der Waals surface area (Å²) in [5.74, 6) is 1.13. The van der Waals surface area contributed by atoms with Crippen LogP contribution >= 0.6 is 23.4 Å². The summed E-state index contributed by atoms with van der Waals surface area (Å²) in [5.41, 5.74) is 1.95. The molecule has 1 aromatic heterocycles. The van der Waals surface area contributed by atoms with Gasteiger partial charge in [-0.15, -0.1) is 0 Å². The number of dihydropyridines is 1. The van der Waals surface area contributed by atoms with E-state index in [1.54, 1.807) is 29.9 Å². The second-order valence-electron chi connectivity index (χ2n) is 6.10. The smallest absolute Gasteiger partial charge is 0.230 e. The quantitative estimate of drug-likeness (QED) is 0.741. The number of hydrogen-bond donors (Lipinski definition) is 0. The van der Waals surface area contributed by atoms with Crippen molar-refractivity contribution in [1.29, 1.82) is 0 Å². The lowest BCUT2D eigenvalue weighted by Gasteiger charge is -2.27. The monoisotopic (exact) mass is 365 g/mol. The zero-order valence-corrected chi connectivity index (χ0v) is 16.0. The van der Waals surface area contributed by atoms with E-state index in [0.717, 1.165) is 24.3 Å². The maximum atomic E-state index is 12.5. The molecule has 1 amide bonds. The minimum atomic E-state index is -0.0360. The van der Waals surface area contributed by atoms with Crippen molar-refractivity contribution in [3.63, 3.8) is 0 Å². The van der Waals surface area contributed by atoms with Crippen LogP contribution in [0.3, 0.4) is 0 Å². The number of thioether (sulfide) groups is 1. The van der Waals surface area contributed by atoms with Crippen LogP contribution < -0.4 is 0 Å². The first-order valence-corrected chi connectivity index (χ1v) is 9.87. The lowest BCUT2D eigenvalue weighted by molar-refractivity contribution is -0.130. The zero-order valence-electron chi connectivity index (χ0n) is 14.4. The van der Waals surface area contributed by atoms with Gasteiger partial charge in [-0.2, -0.15) is 11.8 Å². The van der Waals surface area contributed by atoms with Gasteiger partial charge in [0.05, 0.1) is 5.70 Å². The number of aryl methyl sites for hydroxylation is 1. The largest absolute Gasteiger partial charge is 0.313 e. The first-order valence-electron chi connectivity index (χ1n) is 8.10. The van der Waals surface area contributed by atoms with Gasteiger partial charge >= 0.3 is 0 Å². The highest BCUT2D eigenvalue weighted by Crippen LogP contribution is 2.23. The third-order valence-electron chi connectivity index (χ3n) is 4.13. The van der Waals surface area contributed by atoms with Crippen LogP contribution in [0.5, 0.6) is 0 Å². The van der Waals surface area contributed by atoms with Crippen LogP contribution in [0.25, 0.3) is 0 Å². The topological polar surface area (TPSA) is 45.6 Å². The molecule has 2 unspecified atom stereocenters. The van der Waals surface area contributed by atoms with E-state index in [1.165, 1.54) is 5.56 Å². The van der Waals surface area contributed by atoms with Crippen LogP contribution in [-0.4, -0.2) is 46.6 Å². The molecule has 24 heavy (non-hydrogen) atoms. The van der Waals surface area contributed by atoms with Gasteiger partial charge in [-0.05, 0) is 36.6 Å². The molecule has 0 radical (unpaired) electrons. The van der Waals surface area contributed by atoms with Crippen LogP contribution in [0.15, 0.2) is 41.3 Å². The Morgan fingerprint density at radius 1 is 1.54 bits per heavy atom. The molecule has 0 saturated carbocycles. The summed E-state index contributed by atoms with van der Waals surface area (Å²) in [5, 5.41) is 0.430. The molecule has 6 heteroatoms. The second-order valence-corrected chi connectivity index (χ2v) is 7.37. The highest BCUT2D eigenvalue weighted by atomic mass is 35.5. The van der Waals surface area contributed by atoms with Crippen LogP contribution in [0.1, 0.15) is 18.9 Å². The van der Waals surface area contributed by atoms with Gasteiger partial charge in [0, 0.05) is 37.7 Å². The van der Waals surface area contributed by atoms with Gasteiger partial charge in [0.2, 0.25) is 5.91 Å². The average Bonchev–Trinajstić information content (AvgIpc) is 2.61. The maximum absolute atomic E-state index is 12.5. The van der Waals surface area contributed by atoms with Crippen molar-refractivity contribution in [3.05, 3.63) is 41.9 Å². The number of allylic oxidation sites excluding steroid dienone is 1. The number of aromatic nitrogens is 1. The number of aliphatic imine (C=N–C) groups is 1. The van der Waals surface area contributed by atoms with Crippen LogP contribution in [0.4, 0.5) is 0 Å². The Morgan fingerprint density at radius 2 is 2.33 bits per heavy atom. The normalized spacial score (nSPS) is 18.6. The van der Waals surface area contributed by atoms with Crippen LogP contribution in [0, 0.1) is 11.8 Å². The van der Waals surface area contributed by atoms with Crippen molar-refractivity contribution in [2.45, 2.75) is 19.8 Å². The molecule has 0 bridgehead atoms. The Balaban J connectivity index is 2.02. The molecule has 130 valence electrons. The van der Waals surface area contributed by atoms with E-state index in [9.17, 15) is 4.79 Å². The maximum Gasteiger partial charge on any atom is 0.230 e. The molecule has 0 aromatic carbocycles. The Morgan fingerprint density at radius 3 is 3.00 bits per heavy atom. The first kappa shape index (κ1) is 19.0. The lowest BCUT2D eigenvalue weighted by Crippen LogP contribution is -2.35. The van der Waals surface area contributed by atoms with Gasteiger partial charge in [-0.3, -0.25) is 14.8 Å². The number of rotatable bonds is 7. The molecular formula is C18H24ClN3OS. The van der Waals surface area contributed by atoms with Crippen molar-refractivity contribution < 1.29 is 4.79 Å². The Kier molecular flexibility index (Phi) is 7.31. The SMILES string of the molecule is CSCC(C)C(=O)N(C)C1=CC(CCc2cccnc2)CN=C1Cl. The average molecular weight is 366 g/mol. The molecule has 2 rings (SSSR count). The number of nitrogens with zero attached hydrogens (tertiary/aromatic N) is 3. The Labute approximate surface area is 153 Å². The lowest BCUT2D eigenvalue weighted by atomic mass is 9.97. The van der Waals surface area contributed by atoms with Crippen LogP contribution in [0.2, 0.25) is 0 Å². The molecule has 0 fully saturated rings. The molecule has 0 N–H and O–H groups in total. The summed E-state index contributed by atoms with van der Waals surface area (Å²) in [7, 11) is 1.78. The number of carbonyl (C=O) groups excluding carboxylic acids is 1. The van der Waals surface area contributed by atoms with E-state index in [2.05, 4.69) is 22.1 Å². The third-order valence-corrected chi connectivity index (χ3v) is 5.27. The number of pyridine rings is 1. The fraction of sp³-hybridized carbons (Fsp3) is 0.500. The van der Waals surface area contributed by atoms with E-state index < -0.39 is 0 Å². The predicted molar refractivity (Wildman–Crippen MR) is 103 cm³/mol. The van der Waals surface area contributed by atoms with E-state index in [1.807, 2.05) is 25.4 Å². The Hall–Kier alpha value is -1.33. The molecule has 0 spiro atoms. The van der Waals surface area contributed by atoms with Crippen molar-refractivity contribution in [2.75, 3.05) is 25.6 Å². The molecule has 0 aliphatic carbocycles. The molecule has 1 aliphatic heterocycles. The summed E-state index contributed by atoms with van der Waals surface area (Å²) in [4.78, 5) is 22.7. The van der Waals surface area contributed by atoms with E-state index in [-0.39, 0.29) is 17.7 Å². The second kappa shape index (κ2) is 9.23. The fourth-order valence-corrected chi connectivity index (χ4v) is 3.62. The molecule has 0 saturated heterocycles. The van der Waals surface area contributed by atoms with E-state index in [0.29, 0.717) is 11.7 Å². The van der Waals surface area contributed by atoms with Crippen molar-refractivity contribution in [1.82, 2.24) is 9.88 Å². The first-order chi connectivity index (χ1) is 11.5. The van der Waals surface area contributed by atoms with Crippen molar-refractivity contribution >= 4 is 34.4 Å². The molecule has 1 aliphatic rings. The van der Waals surface area contributed by atoms with E-state index >= 15 is 0 Å². The van der Waals surface area contributed by atoms with Crippen LogP contribution in [-0.2, 0) is 11.2 Å². The molecule has 1 aromatic rings. The van der Waals surface area contributed by atoms with Gasteiger partial charge in [0.1, 0.15) is 5.17 Å². The number of halogens is 1. The summed E-state index contributed by atoms with van der Waals surface area (Å²) in [6.45, 7) is 2.62. The zero-order chi connectivity index (χ0) is 17.5. The summed E-state index contributed by atoms with van der Waals surface area (Å²) in [6.07, 6.45) is 9.68. The molecule has 2 heterocycles. The highest BCUT2D eigenvalue weighted by molar-refractivity contribution is 7.98. The fourth-order valence-electron chi connectivity index (χ4n) is 2.72. The van der Waals surface area contributed by atoms with Gasteiger partial charge in [0.25, 0.3) is 0 Å². The molecule has 2 atom stereocenters. The minimum absolute atomic E-state index is 0.0360. The van der Waals surface area contributed by atoms with Gasteiger partial charge < -0.3 is 4.90 Å². The number of amides is 1. The molecule has 4 nitrogen and oxygen atoms in total. The highest BCUT2D eigenvalue weighted by Gasteiger charge is 2.25. The standard InChI is InChI=1S/C18H24ClN3OS/c1-13(12-24-3)18(23)22(2)16-9-15(11-21-17(16)19)7-6-14-5-4-8-20-10-14/h4-5,8-10,13,15H,6-7,11-12H2,1-3H3. The summed E-state index contributed by atoms with van der Waals surface area (Å²) in [6, 6.07) is 4.03. The van der Waals surface area contributed by atoms with Gasteiger partial charge in [-0.1, -0.05) is 30.7 Å². The number of hydrogen-bond acceptors (Lipinski definition) is 4.